The molecule has 1 aliphatic heterocycles. The minimum atomic E-state index is -2.84. The molecule has 104 valence electrons. The molecular weight excluding hydrogens is 262 g/mol. The molecule has 2 aliphatic rings. The van der Waals surface area contributed by atoms with Crippen molar-refractivity contribution in [3.8, 4) is 5.75 Å². The molecule has 1 atom stereocenters. The lowest BCUT2D eigenvalue weighted by Gasteiger charge is -2.27. The summed E-state index contributed by atoms with van der Waals surface area (Å²) < 4.78 is 27.9. The van der Waals surface area contributed by atoms with Crippen molar-refractivity contribution in [3.63, 3.8) is 0 Å². The fourth-order valence-electron chi connectivity index (χ4n) is 2.80. The molecule has 1 aromatic carbocycles. The van der Waals surface area contributed by atoms with Crippen LogP contribution in [0.4, 0.5) is 0 Å². The lowest BCUT2D eigenvalue weighted by molar-refractivity contribution is 0.230. The maximum Gasteiger partial charge on any atom is 0.157 e. The number of hydrogen-bond donors (Lipinski definition) is 1. The first-order valence-corrected chi connectivity index (χ1v) is 8.47. The average molecular weight is 281 g/mol. The zero-order valence-electron chi connectivity index (χ0n) is 11.0. The van der Waals surface area contributed by atoms with Crippen LogP contribution in [0.3, 0.4) is 0 Å². The normalized spacial score (nSPS) is 25.4. The average Bonchev–Trinajstić information content (AvgIpc) is 3.08. The van der Waals surface area contributed by atoms with E-state index in [4.69, 9.17) is 10.5 Å². The van der Waals surface area contributed by atoms with Gasteiger partial charge in [-0.2, -0.15) is 0 Å². The van der Waals surface area contributed by atoms with Crippen LogP contribution in [-0.4, -0.2) is 32.1 Å². The number of hydrogen-bond acceptors (Lipinski definition) is 4. The third-order valence-electron chi connectivity index (χ3n) is 4.25. The van der Waals surface area contributed by atoms with Crippen LogP contribution in [0.25, 0.3) is 0 Å². The fraction of sp³-hybridized carbons (Fsp3) is 0.571. The zero-order valence-corrected chi connectivity index (χ0v) is 11.8. The third kappa shape index (κ3) is 2.37. The molecule has 1 unspecified atom stereocenters. The quantitative estimate of drug-likeness (QED) is 0.901. The van der Waals surface area contributed by atoms with E-state index in [9.17, 15) is 8.42 Å². The Morgan fingerprint density at radius 3 is 2.58 bits per heavy atom. The van der Waals surface area contributed by atoms with Crippen molar-refractivity contribution in [2.45, 2.75) is 37.3 Å². The van der Waals surface area contributed by atoms with E-state index in [1.165, 1.54) is 5.56 Å². The molecule has 0 spiro atoms. The third-order valence-corrected chi connectivity index (χ3v) is 6.01. The van der Waals surface area contributed by atoms with Gasteiger partial charge < -0.3 is 10.5 Å². The lowest BCUT2D eigenvalue weighted by Crippen LogP contribution is -2.45. The SMILES string of the molecule is CC(N)C1(c2cccc(OC3CS(=O)(=O)C3)c2)CC1. The second kappa shape index (κ2) is 4.21. The van der Waals surface area contributed by atoms with E-state index in [1.54, 1.807) is 0 Å². The Morgan fingerprint density at radius 2 is 2.05 bits per heavy atom. The van der Waals surface area contributed by atoms with Gasteiger partial charge in [-0.3, -0.25) is 0 Å². The van der Waals surface area contributed by atoms with Gasteiger partial charge in [-0.05, 0) is 37.5 Å². The molecule has 19 heavy (non-hydrogen) atoms. The smallest absolute Gasteiger partial charge is 0.157 e. The van der Waals surface area contributed by atoms with Crippen LogP contribution in [0.15, 0.2) is 24.3 Å². The predicted molar refractivity (Wildman–Crippen MR) is 74.1 cm³/mol. The minimum absolute atomic E-state index is 0.102. The summed E-state index contributed by atoms with van der Waals surface area (Å²) in [5.41, 5.74) is 7.38. The summed E-state index contributed by atoms with van der Waals surface area (Å²) in [5.74, 6) is 1.02. The molecule has 0 bridgehead atoms. The van der Waals surface area contributed by atoms with Gasteiger partial charge in [-0.1, -0.05) is 12.1 Å². The van der Waals surface area contributed by atoms with Gasteiger partial charge in [0.05, 0.1) is 11.5 Å². The highest BCUT2D eigenvalue weighted by atomic mass is 32.2. The predicted octanol–water partition coefficient (Wildman–Crippen LogP) is 1.24. The Balaban J connectivity index is 1.74. The number of nitrogens with two attached hydrogens (primary N) is 1. The van der Waals surface area contributed by atoms with Gasteiger partial charge in [-0.25, -0.2) is 8.42 Å². The molecule has 1 saturated carbocycles. The summed E-state index contributed by atoms with van der Waals surface area (Å²) in [7, 11) is -2.84. The molecule has 4 nitrogen and oxygen atoms in total. The Bertz CT molecular complexity index is 578. The highest BCUT2D eigenvalue weighted by molar-refractivity contribution is 7.92. The summed E-state index contributed by atoms with van der Waals surface area (Å²) >= 11 is 0. The van der Waals surface area contributed by atoms with Gasteiger partial charge >= 0.3 is 0 Å². The largest absolute Gasteiger partial charge is 0.488 e. The van der Waals surface area contributed by atoms with Crippen molar-refractivity contribution in [1.29, 1.82) is 0 Å². The van der Waals surface area contributed by atoms with E-state index in [0.29, 0.717) is 0 Å². The number of ether oxygens (including phenoxy) is 1. The maximum absolute atomic E-state index is 11.1. The van der Waals surface area contributed by atoms with Crippen molar-refractivity contribution < 1.29 is 13.2 Å². The van der Waals surface area contributed by atoms with E-state index in [0.717, 1.165) is 18.6 Å². The van der Waals surface area contributed by atoms with Crippen LogP contribution in [-0.2, 0) is 15.3 Å². The second-order valence-electron chi connectivity index (χ2n) is 5.79. The van der Waals surface area contributed by atoms with E-state index in [2.05, 4.69) is 6.07 Å². The highest BCUT2D eigenvalue weighted by Crippen LogP contribution is 2.50. The number of rotatable bonds is 4. The molecule has 2 fully saturated rings. The lowest BCUT2D eigenvalue weighted by atomic mass is 9.89. The summed E-state index contributed by atoms with van der Waals surface area (Å²) in [5, 5.41) is 0. The van der Waals surface area contributed by atoms with Crippen molar-refractivity contribution in [2.75, 3.05) is 11.5 Å². The van der Waals surface area contributed by atoms with Crippen LogP contribution in [0.2, 0.25) is 0 Å². The molecule has 0 aromatic heterocycles. The molecule has 3 rings (SSSR count). The second-order valence-corrected chi connectivity index (χ2v) is 7.94. The van der Waals surface area contributed by atoms with Crippen LogP contribution >= 0.6 is 0 Å². The maximum atomic E-state index is 11.1. The van der Waals surface area contributed by atoms with Crippen molar-refractivity contribution >= 4 is 9.84 Å². The van der Waals surface area contributed by atoms with Gasteiger partial charge in [-0.15, -0.1) is 0 Å². The Labute approximate surface area is 113 Å². The first-order chi connectivity index (χ1) is 8.91. The van der Waals surface area contributed by atoms with Crippen molar-refractivity contribution in [3.05, 3.63) is 29.8 Å². The highest BCUT2D eigenvalue weighted by Gasteiger charge is 2.47. The van der Waals surface area contributed by atoms with E-state index < -0.39 is 9.84 Å². The molecule has 1 aliphatic carbocycles. The minimum Gasteiger partial charge on any atom is -0.488 e. The summed E-state index contributed by atoms with van der Waals surface area (Å²) in [6.07, 6.45) is 2.04. The molecule has 1 saturated heterocycles. The van der Waals surface area contributed by atoms with Crippen LogP contribution < -0.4 is 10.5 Å². The van der Waals surface area contributed by atoms with E-state index in [1.807, 2.05) is 25.1 Å². The van der Waals surface area contributed by atoms with Crippen molar-refractivity contribution in [1.82, 2.24) is 0 Å². The van der Waals surface area contributed by atoms with Gasteiger partial charge in [0, 0.05) is 11.5 Å². The van der Waals surface area contributed by atoms with Gasteiger partial charge in [0.2, 0.25) is 0 Å². The summed E-state index contributed by atoms with van der Waals surface area (Å²) in [4.78, 5) is 0. The molecule has 0 radical (unpaired) electrons. The van der Waals surface area contributed by atoms with Crippen LogP contribution in [0.1, 0.15) is 25.3 Å². The van der Waals surface area contributed by atoms with Gasteiger partial charge in [0.1, 0.15) is 11.9 Å². The fourth-order valence-corrected chi connectivity index (χ4v) is 3.97. The molecule has 1 heterocycles. The molecule has 5 heteroatoms. The first-order valence-electron chi connectivity index (χ1n) is 6.64. The molecule has 1 aromatic rings. The van der Waals surface area contributed by atoms with Crippen LogP contribution in [0.5, 0.6) is 5.75 Å². The summed E-state index contributed by atoms with van der Waals surface area (Å²) in [6.45, 7) is 2.04. The molecular formula is C14H19NO3S. The van der Waals surface area contributed by atoms with E-state index >= 15 is 0 Å². The zero-order chi connectivity index (χ0) is 13.7. The topological polar surface area (TPSA) is 69.4 Å². The number of benzene rings is 1. The molecule has 0 amide bonds. The Hall–Kier alpha value is -1.07. The Kier molecular flexibility index (Phi) is 2.87. The standard InChI is InChI=1S/C14H19NO3S/c1-10(15)14(5-6-14)11-3-2-4-12(7-11)18-13-8-19(16,17)9-13/h2-4,7,10,13H,5-6,8-9,15H2,1H3. The van der Waals surface area contributed by atoms with Crippen molar-refractivity contribution in [2.24, 2.45) is 5.73 Å². The van der Waals surface area contributed by atoms with Crippen LogP contribution in [0, 0.1) is 0 Å². The number of sulfone groups is 1. The monoisotopic (exact) mass is 281 g/mol. The summed E-state index contributed by atoms with van der Waals surface area (Å²) in [6, 6.07) is 8.07. The van der Waals surface area contributed by atoms with E-state index in [-0.39, 0.29) is 29.1 Å². The molecule has 2 N–H and O–H groups in total. The van der Waals surface area contributed by atoms with Gasteiger partial charge in [0.15, 0.2) is 9.84 Å². The first kappa shape index (κ1) is 12.9. The van der Waals surface area contributed by atoms with Gasteiger partial charge in [0.25, 0.3) is 0 Å². The Morgan fingerprint density at radius 1 is 1.37 bits per heavy atom.